The summed E-state index contributed by atoms with van der Waals surface area (Å²) in [7, 11) is 0. The van der Waals surface area contributed by atoms with Gasteiger partial charge in [0.1, 0.15) is 0 Å². The third kappa shape index (κ3) is 6.25. The van der Waals surface area contributed by atoms with Crippen LogP contribution in [0.2, 0.25) is 0 Å². The Bertz CT molecular complexity index is 79.8. The summed E-state index contributed by atoms with van der Waals surface area (Å²) in [5.74, 6) is 5.60. The van der Waals surface area contributed by atoms with E-state index in [1.807, 2.05) is 0 Å². The van der Waals surface area contributed by atoms with Gasteiger partial charge in [0.05, 0.1) is 11.0 Å². The van der Waals surface area contributed by atoms with Crippen molar-refractivity contribution >= 4 is 22.6 Å². The van der Waals surface area contributed by atoms with Crippen molar-refractivity contribution in [2.75, 3.05) is 11.0 Å². The van der Waals surface area contributed by atoms with Crippen LogP contribution in [-0.2, 0) is 0 Å². The van der Waals surface area contributed by atoms with Gasteiger partial charge in [0.25, 0.3) is 0 Å². The molecule has 0 heterocycles. The molecule has 0 aliphatic heterocycles. The van der Waals surface area contributed by atoms with E-state index in [2.05, 4.69) is 34.4 Å². The Morgan fingerprint density at radius 2 is 2.14 bits per heavy atom. The second kappa shape index (κ2) is 6.25. The highest BCUT2D eigenvalue weighted by atomic mass is 127. The third-order valence-corrected chi connectivity index (χ3v) is 0.810. The maximum atomic E-state index is 8.19. The standard InChI is InChI=1S/C5H7IO/c6-4-2-1-3-5-7/h7H,3-5H2. The molecular weight excluding hydrogens is 203 g/mol. The molecule has 0 radical (unpaired) electrons. The number of aliphatic hydroxyl groups is 1. The van der Waals surface area contributed by atoms with Crippen molar-refractivity contribution in [3.8, 4) is 11.8 Å². The molecule has 0 atom stereocenters. The second-order valence-electron chi connectivity index (χ2n) is 0.961. The van der Waals surface area contributed by atoms with Crippen LogP contribution in [-0.4, -0.2) is 16.1 Å². The Morgan fingerprint density at radius 3 is 2.57 bits per heavy atom. The molecule has 2 heteroatoms. The predicted octanol–water partition coefficient (Wildman–Crippen LogP) is 0.807. The first-order valence-electron chi connectivity index (χ1n) is 2.04. The van der Waals surface area contributed by atoms with Gasteiger partial charge in [0.15, 0.2) is 0 Å². The van der Waals surface area contributed by atoms with Gasteiger partial charge in [-0.3, -0.25) is 0 Å². The van der Waals surface area contributed by atoms with Gasteiger partial charge in [-0.05, 0) is 0 Å². The Kier molecular flexibility index (Phi) is 6.47. The zero-order valence-corrected chi connectivity index (χ0v) is 6.10. The second-order valence-corrected chi connectivity index (χ2v) is 1.72. The smallest absolute Gasteiger partial charge is 0.0609 e. The Balaban J connectivity index is 2.91. The number of halogens is 1. The van der Waals surface area contributed by atoms with Crippen LogP contribution in [0.15, 0.2) is 0 Å². The fraction of sp³-hybridized carbons (Fsp3) is 0.600. The first-order valence-corrected chi connectivity index (χ1v) is 3.57. The van der Waals surface area contributed by atoms with Crippen LogP contribution in [0.25, 0.3) is 0 Å². The molecule has 0 aliphatic rings. The lowest BCUT2D eigenvalue weighted by Gasteiger charge is -1.74. The van der Waals surface area contributed by atoms with Gasteiger partial charge in [0, 0.05) is 6.42 Å². The van der Waals surface area contributed by atoms with Gasteiger partial charge in [-0.2, -0.15) is 0 Å². The van der Waals surface area contributed by atoms with Gasteiger partial charge in [0.2, 0.25) is 0 Å². The lowest BCUT2D eigenvalue weighted by molar-refractivity contribution is 0.305. The van der Waals surface area contributed by atoms with Crippen molar-refractivity contribution in [1.82, 2.24) is 0 Å². The third-order valence-electron chi connectivity index (χ3n) is 0.429. The molecule has 0 aromatic rings. The molecule has 0 aromatic carbocycles. The van der Waals surface area contributed by atoms with Crippen LogP contribution in [0.5, 0.6) is 0 Å². The molecule has 0 aliphatic carbocycles. The van der Waals surface area contributed by atoms with Crippen LogP contribution in [0.1, 0.15) is 6.42 Å². The minimum absolute atomic E-state index is 0.184. The minimum Gasteiger partial charge on any atom is -0.395 e. The van der Waals surface area contributed by atoms with E-state index >= 15 is 0 Å². The van der Waals surface area contributed by atoms with Gasteiger partial charge in [-0.15, -0.1) is 5.92 Å². The van der Waals surface area contributed by atoms with Gasteiger partial charge in [-0.1, -0.05) is 28.5 Å². The fourth-order valence-corrected chi connectivity index (χ4v) is 0.461. The number of rotatable bonds is 1. The van der Waals surface area contributed by atoms with Crippen LogP contribution in [0.3, 0.4) is 0 Å². The van der Waals surface area contributed by atoms with Crippen LogP contribution in [0, 0.1) is 11.8 Å². The van der Waals surface area contributed by atoms with Gasteiger partial charge in [-0.25, -0.2) is 0 Å². The number of hydrogen-bond acceptors (Lipinski definition) is 1. The molecule has 7 heavy (non-hydrogen) atoms. The molecule has 0 aromatic heterocycles. The Labute approximate surface area is 57.3 Å². The summed E-state index contributed by atoms with van der Waals surface area (Å²) in [6.07, 6.45) is 0.614. The summed E-state index contributed by atoms with van der Waals surface area (Å²) in [6.45, 7) is 0.184. The molecule has 1 nitrogen and oxygen atoms in total. The van der Waals surface area contributed by atoms with E-state index in [1.54, 1.807) is 0 Å². The summed E-state index contributed by atoms with van der Waals surface area (Å²) in [4.78, 5) is 0. The molecule has 0 bridgehead atoms. The van der Waals surface area contributed by atoms with Gasteiger partial charge < -0.3 is 5.11 Å². The summed E-state index contributed by atoms with van der Waals surface area (Å²) >= 11 is 2.17. The van der Waals surface area contributed by atoms with E-state index in [0.29, 0.717) is 6.42 Å². The van der Waals surface area contributed by atoms with Crippen molar-refractivity contribution in [2.24, 2.45) is 0 Å². The summed E-state index contributed by atoms with van der Waals surface area (Å²) in [5.41, 5.74) is 0. The van der Waals surface area contributed by atoms with E-state index in [4.69, 9.17) is 5.11 Å². The maximum Gasteiger partial charge on any atom is 0.0609 e. The molecule has 40 valence electrons. The minimum atomic E-state index is 0.184. The summed E-state index contributed by atoms with van der Waals surface area (Å²) in [6, 6.07) is 0. The quantitative estimate of drug-likeness (QED) is 0.385. The van der Waals surface area contributed by atoms with Gasteiger partial charge >= 0.3 is 0 Å². The average molecular weight is 210 g/mol. The van der Waals surface area contributed by atoms with Crippen LogP contribution >= 0.6 is 22.6 Å². The highest BCUT2D eigenvalue weighted by Crippen LogP contribution is 1.75. The molecular formula is C5H7IO. The van der Waals surface area contributed by atoms with Crippen molar-refractivity contribution in [3.63, 3.8) is 0 Å². The number of alkyl halides is 1. The Morgan fingerprint density at radius 1 is 1.43 bits per heavy atom. The zero-order valence-electron chi connectivity index (χ0n) is 3.95. The predicted molar refractivity (Wildman–Crippen MR) is 38.4 cm³/mol. The van der Waals surface area contributed by atoms with Crippen molar-refractivity contribution in [2.45, 2.75) is 6.42 Å². The highest BCUT2D eigenvalue weighted by Gasteiger charge is 1.67. The number of aliphatic hydroxyl groups excluding tert-OH is 1. The van der Waals surface area contributed by atoms with E-state index in [-0.39, 0.29) is 6.61 Å². The molecule has 0 unspecified atom stereocenters. The Hall–Kier alpha value is 0.250. The molecule has 0 spiro atoms. The molecule has 0 saturated heterocycles. The summed E-state index contributed by atoms with van der Waals surface area (Å²) in [5, 5.41) is 8.19. The van der Waals surface area contributed by atoms with Crippen molar-refractivity contribution in [1.29, 1.82) is 0 Å². The monoisotopic (exact) mass is 210 g/mol. The molecule has 1 N–H and O–H groups in total. The number of hydrogen-bond donors (Lipinski definition) is 1. The molecule has 0 saturated carbocycles. The normalized spacial score (nSPS) is 7.14. The van der Waals surface area contributed by atoms with E-state index in [9.17, 15) is 0 Å². The van der Waals surface area contributed by atoms with Crippen molar-refractivity contribution in [3.05, 3.63) is 0 Å². The summed E-state index contributed by atoms with van der Waals surface area (Å²) < 4.78 is 0.859. The van der Waals surface area contributed by atoms with Crippen LogP contribution in [0.4, 0.5) is 0 Å². The molecule has 0 fully saturated rings. The zero-order chi connectivity index (χ0) is 5.54. The topological polar surface area (TPSA) is 20.2 Å². The fourth-order valence-electron chi connectivity index (χ4n) is 0.192. The largest absolute Gasteiger partial charge is 0.395 e. The first kappa shape index (κ1) is 7.25. The first-order chi connectivity index (χ1) is 3.41. The lowest BCUT2D eigenvalue weighted by Crippen LogP contribution is -1.75. The molecule has 0 rings (SSSR count). The van der Waals surface area contributed by atoms with Crippen LogP contribution < -0.4 is 0 Å². The lowest BCUT2D eigenvalue weighted by atomic mass is 10.5. The highest BCUT2D eigenvalue weighted by molar-refractivity contribution is 14.1. The van der Waals surface area contributed by atoms with E-state index in [0.717, 1.165) is 4.43 Å². The molecule has 0 amide bonds. The average Bonchev–Trinajstić information content (AvgIpc) is 1.69. The van der Waals surface area contributed by atoms with E-state index in [1.165, 1.54) is 0 Å². The van der Waals surface area contributed by atoms with E-state index < -0.39 is 0 Å². The van der Waals surface area contributed by atoms with Crippen molar-refractivity contribution < 1.29 is 5.11 Å². The SMILES string of the molecule is OCCC#CCI. The maximum absolute atomic E-state index is 8.19.